The number of amides is 1. The summed E-state index contributed by atoms with van der Waals surface area (Å²) in [6.45, 7) is 5.62. The molecule has 0 radical (unpaired) electrons. The van der Waals surface area contributed by atoms with Gasteiger partial charge >= 0.3 is 0 Å². The van der Waals surface area contributed by atoms with Crippen molar-refractivity contribution in [2.24, 2.45) is 5.92 Å². The van der Waals surface area contributed by atoms with E-state index >= 15 is 0 Å². The topological polar surface area (TPSA) is 20.3 Å². The monoisotopic (exact) mass is 297 g/mol. The first-order valence-corrected chi connectivity index (χ1v) is 7.13. The quantitative estimate of drug-likeness (QED) is 0.737. The lowest BCUT2D eigenvalue weighted by molar-refractivity contribution is -0.132. The Balaban J connectivity index is 2.63. The largest absolute Gasteiger partial charge is 0.338 e. The predicted octanol–water partition coefficient (Wildman–Crippen LogP) is 3.46. The molecule has 0 N–H and O–H groups in total. The van der Waals surface area contributed by atoms with Crippen LogP contribution in [0.5, 0.6) is 0 Å². The van der Waals surface area contributed by atoms with Crippen LogP contribution in [0.1, 0.15) is 25.8 Å². The van der Waals surface area contributed by atoms with E-state index in [0.29, 0.717) is 18.9 Å². The standard InChI is InChI=1S/C14H20BrNO/c1-12(2)10-14(17)16(9-8-15)11-13-6-4-3-5-7-13/h3-7,12H,8-11H2,1-2H3. The minimum atomic E-state index is 0.239. The molecule has 2 nitrogen and oxygen atoms in total. The summed E-state index contributed by atoms with van der Waals surface area (Å²) in [5.41, 5.74) is 1.19. The predicted molar refractivity (Wildman–Crippen MR) is 75.1 cm³/mol. The van der Waals surface area contributed by atoms with Crippen molar-refractivity contribution in [3.8, 4) is 0 Å². The van der Waals surface area contributed by atoms with Crippen molar-refractivity contribution < 1.29 is 4.79 Å². The van der Waals surface area contributed by atoms with Crippen LogP contribution in [0.25, 0.3) is 0 Å². The van der Waals surface area contributed by atoms with E-state index in [9.17, 15) is 4.79 Å². The lowest BCUT2D eigenvalue weighted by Gasteiger charge is -2.22. The summed E-state index contributed by atoms with van der Waals surface area (Å²) in [5.74, 6) is 0.652. The van der Waals surface area contributed by atoms with Crippen LogP contribution in [0.4, 0.5) is 0 Å². The van der Waals surface area contributed by atoms with E-state index in [1.807, 2.05) is 23.1 Å². The van der Waals surface area contributed by atoms with Crippen molar-refractivity contribution in [2.75, 3.05) is 11.9 Å². The summed E-state index contributed by atoms with van der Waals surface area (Å²) >= 11 is 3.40. The van der Waals surface area contributed by atoms with E-state index < -0.39 is 0 Å². The normalized spacial score (nSPS) is 10.6. The lowest BCUT2D eigenvalue weighted by atomic mass is 10.1. The van der Waals surface area contributed by atoms with Crippen LogP contribution < -0.4 is 0 Å². The van der Waals surface area contributed by atoms with Crippen LogP contribution in [-0.4, -0.2) is 22.7 Å². The number of carbonyl (C=O) groups is 1. The Labute approximate surface area is 112 Å². The fourth-order valence-corrected chi connectivity index (χ4v) is 2.10. The van der Waals surface area contributed by atoms with Crippen molar-refractivity contribution in [1.29, 1.82) is 0 Å². The number of rotatable bonds is 6. The van der Waals surface area contributed by atoms with E-state index in [4.69, 9.17) is 0 Å². The third-order valence-corrected chi connectivity index (χ3v) is 2.86. The van der Waals surface area contributed by atoms with Crippen molar-refractivity contribution in [3.63, 3.8) is 0 Å². The summed E-state index contributed by atoms with van der Waals surface area (Å²) in [5, 5.41) is 0.823. The number of halogens is 1. The van der Waals surface area contributed by atoms with Gasteiger partial charge in [-0.3, -0.25) is 4.79 Å². The molecule has 0 bridgehead atoms. The van der Waals surface area contributed by atoms with E-state index in [0.717, 1.165) is 11.9 Å². The smallest absolute Gasteiger partial charge is 0.223 e. The molecule has 1 amide bonds. The van der Waals surface area contributed by atoms with Crippen molar-refractivity contribution in [2.45, 2.75) is 26.8 Å². The van der Waals surface area contributed by atoms with Crippen LogP contribution in [0.3, 0.4) is 0 Å². The Hall–Kier alpha value is -0.830. The highest BCUT2D eigenvalue weighted by molar-refractivity contribution is 9.09. The maximum Gasteiger partial charge on any atom is 0.223 e. The van der Waals surface area contributed by atoms with E-state index in [-0.39, 0.29) is 5.91 Å². The number of nitrogens with zero attached hydrogens (tertiary/aromatic N) is 1. The van der Waals surface area contributed by atoms with Gasteiger partial charge < -0.3 is 4.90 Å². The molecule has 0 atom stereocenters. The molecule has 1 aromatic rings. The molecule has 0 aliphatic carbocycles. The molecule has 1 aromatic carbocycles. The molecular formula is C14H20BrNO. The molecule has 0 aliphatic heterocycles. The van der Waals surface area contributed by atoms with Crippen LogP contribution in [-0.2, 0) is 11.3 Å². The first-order valence-electron chi connectivity index (χ1n) is 6.01. The second kappa shape index (κ2) is 7.49. The second-order valence-electron chi connectivity index (χ2n) is 4.59. The van der Waals surface area contributed by atoms with E-state index in [2.05, 4.69) is 41.9 Å². The molecule has 0 saturated heterocycles. The zero-order valence-electron chi connectivity index (χ0n) is 10.5. The third kappa shape index (κ3) is 5.35. The second-order valence-corrected chi connectivity index (χ2v) is 5.38. The average Bonchev–Trinajstić information content (AvgIpc) is 2.29. The molecule has 0 spiro atoms. The van der Waals surface area contributed by atoms with Gasteiger partial charge in [-0.1, -0.05) is 60.1 Å². The molecule has 0 heterocycles. The minimum absolute atomic E-state index is 0.239. The van der Waals surface area contributed by atoms with Crippen molar-refractivity contribution in [3.05, 3.63) is 35.9 Å². The fraction of sp³-hybridized carbons (Fsp3) is 0.500. The van der Waals surface area contributed by atoms with Gasteiger partial charge in [0.25, 0.3) is 0 Å². The lowest BCUT2D eigenvalue weighted by Crippen LogP contribution is -2.32. The SMILES string of the molecule is CC(C)CC(=O)N(CCBr)Cc1ccccc1. The van der Waals surface area contributed by atoms with Crippen LogP contribution in [0.2, 0.25) is 0 Å². The summed E-state index contributed by atoms with van der Waals surface area (Å²) < 4.78 is 0. The van der Waals surface area contributed by atoms with E-state index in [1.165, 1.54) is 5.56 Å². The van der Waals surface area contributed by atoms with Crippen LogP contribution in [0.15, 0.2) is 30.3 Å². The summed E-state index contributed by atoms with van der Waals surface area (Å²) in [4.78, 5) is 14.0. The Bertz CT molecular complexity index is 337. The van der Waals surface area contributed by atoms with Gasteiger partial charge in [0.2, 0.25) is 5.91 Å². The molecular weight excluding hydrogens is 278 g/mol. The van der Waals surface area contributed by atoms with Gasteiger partial charge in [-0.15, -0.1) is 0 Å². The average molecular weight is 298 g/mol. The number of hydrogen-bond donors (Lipinski definition) is 0. The minimum Gasteiger partial charge on any atom is -0.338 e. The molecule has 0 aliphatic rings. The summed E-state index contributed by atoms with van der Waals surface area (Å²) in [6.07, 6.45) is 0.625. The van der Waals surface area contributed by atoms with Crippen LogP contribution >= 0.6 is 15.9 Å². The fourth-order valence-electron chi connectivity index (χ4n) is 1.68. The summed E-state index contributed by atoms with van der Waals surface area (Å²) in [7, 11) is 0. The Morgan fingerprint density at radius 1 is 1.29 bits per heavy atom. The van der Waals surface area contributed by atoms with Gasteiger partial charge in [-0.2, -0.15) is 0 Å². The maximum atomic E-state index is 12.1. The molecule has 0 saturated carbocycles. The zero-order valence-corrected chi connectivity index (χ0v) is 12.1. The van der Waals surface area contributed by atoms with Gasteiger partial charge in [-0.05, 0) is 11.5 Å². The third-order valence-electron chi connectivity index (χ3n) is 2.51. The van der Waals surface area contributed by atoms with Crippen molar-refractivity contribution >= 4 is 21.8 Å². The maximum absolute atomic E-state index is 12.1. The molecule has 94 valence electrons. The Morgan fingerprint density at radius 2 is 1.94 bits per heavy atom. The van der Waals surface area contributed by atoms with Gasteiger partial charge in [0.1, 0.15) is 0 Å². The van der Waals surface area contributed by atoms with Gasteiger partial charge in [-0.25, -0.2) is 0 Å². The Morgan fingerprint density at radius 3 is 2.47 bits per heavy atom. The number of carbonyl (C=O) groups excluding carboxylic acids is 1. The molecule has 3 heteroatoms. The highest BCUT2D eigenvalue weighted by atomic mass is 79.9. The van der Waals surface area contributed by atoms with Gasteiger partial charge in [0, 0.05) is 24.8 Å². The van der Waals surface area contributed by atoms with Crippen LogP contribution in [0, 0.1) is 5.92 Å². The van der Waals surface area contributed by atoms with E-state index in [1.54, 1.807) is 0 Å². The number of alkyl halides is 1. The molecule has 17 heavy (non-hydrogen) atoms. The Kier molecular flexibility index (Phi) is 6.27. The molecule has 1 rings (SSSR count). The highest BCUT2D eigenvalue weighted by Gasteiger charge is 2.14. The number of benzene rings is 1. The zero-order chi connectivity index (χ0) is 12.7. The molecule has 0 aromatic heterocycles. The van der Waals surface area contributed by atoms with Crippen molar-refractivity contribution in [1.82, 2.24) is 4.90 Å². The highest BCUT2D eigenvalue weighted by Crippen LogP contribution is 2.09. The number of hydrogen-bond acceptors (Lipinski definition) is 1. The first-order chi connectivity index (χ1) is 8.13. The first kappa shape index (κ1) is 14.2. The van der Waals surface area contributed by atoms with Gasteiger partial charge in [0.05, 0.1) is 0 Å². The van der Waals surface area contributed by atoms with Gasteiger partial charge in [0.15, 0.2) is 0 Å². The molecule has 0 unspecified atom stereocenters. The summed E-state index contributed by atoms with van der Waals surface area (Å²) in [6, 6.07) is 10.1. The molecule has 0 fully saturated rings.